The summed E-state index contributed by atoms with van der Waals surface area (Å²) in [6.45, 7) is 7.32. The quantitative estimate of drug-likeness (QED) is 0.811. The second kappa shape index (κ2) is 8.75. The van der Waals surface area contributed by atoms with Crippen LogP contribution >= 0.6 is 11.3 Å². The first-order valence-electron chi connectivity index (χ1n) is 9.15. The summed E-state index contributed by atoms with van der Waals surface area (Å²) in [6, 6.07) is 4.30. The number of aryl methyl sites for hydroxylation is 1. The summed E-state index contributed by atoms with van der Waals surface area (Å²) in [7, 11) is 1.65. The van der Waals surface area contributed by atoms with Gasteiger partial charge in [-0.2, -0.15) is 0 Å². The molecule has 1 aliphatic heterocycles. The molecule has 1 atom stereocenters. The molecule has 0 saturated carbocycles. The highest BCUT2D eigenvalue weighted by Gasteiger charge is 2.24. The van der Waals surface area contributed by atoms with E-state index in [0.717, 1.165) is 43.7 Å². The number of fused-ring (bicyclic) bond motifs is 1. The number of thiophene rings is 1. The van der Waals surface area contributed by atoms with Gasteiger partial charge in [0, 0.05) is 49.2 Å². The number of pyridine rings is 1. The van der Waals surface area contributed by atoms with Crippen molar-refractivity contribution < 1.29 is 9.53 Å². The number of hydrogen-bond donors (Lipinski definition) is 1. The van der Waals surface area contributed by atoms with Gasteiger partial charge in [-0.3, -0.25) is 14.7 Å². The zero-order valence-corrected chi connectivity index (χ0v) is 16.6. The Labute approximate surface area is 159 Å². The fraction of sp³-hybridized carbons (Fsp3) is 0.500. The summed E-state index contributed by atoms with van der Waals surface area (Å²) in [5.41, 5.74) is 4.42. The van der Waals surface area contributed by atoms with Crippen molar-refractivity contribution in [2.24, 2.45) is 0 Å². The maximum absolute atomic E-state index is 12.5. The van der Waals surface area contributed by atoms with E-state index in [0.29, 0.717) is 6.61 Å². The third-order valence-corrected chi connectivity index (χ3v) is 5.76. The maximum atomic E-state index is 12.5. The molecule has 5 nitrogen and oxygen atoms in total. The predicted molar refractivity (Wildman–Crippen MR) is 105 cm³/mol. The van der Waals surface area contributed by atoms with E-state index >= 15 is 0 Å². The lowest BCUT2D eigenvalue weighted by Gasteiger charge is -2.27. The maximum Gasteiger partial charge on any atom is 0.252 e. The van der Waals surface area contributed by atoms with Gasteiger partial charge in [0.2, 0.25) is 0 Å². The zero-order chi connectivity index (χ0) is 18.5. The predicted octanol–water partition coefficient (Wildman–Crippen LogP) is 3.03. The van der Waals surface area contributed by atoms with Gasteiger partial charge < -0.3 is 10.1 Å². The Balaban J connectivity index is 1.62. The Morgan fingerprint density at radius 2 is 2.31 bits per heavy atom. The summed E-state index contributed by atoms with van der Waals surface area (Å²) in [5, 5.41) is 5.01. The topological polar surface area (TPSA) is 54.5 Å². The Hall–Kier alpha value is -1.76. The van der Waals surface area contributed by atoms with Gasteiger partial charge in [-0.25, -0.2) is 0 Å². The van der Waals surface area contributed by atoms with Crippen molar-refractivity contribution in [3.05, 3.63) is 51.0 Å². The summed E-state index contributed by atoms with van der Waals surface area (Å²) in [5.74, 6) is 0.0114. The number of nitrogens with zero attached hydrogens (tertiary/aromatic N) is 2. The Bertz CT molecular complexity index is 742. The van der Waals surface area contributed by atoms with Crippen LogP contribution in [-0.4, -0.2) is 42.1 Å². The number of hydrogen-bond acceptors (Lipinski definition) is 5. The van der Waals surface area contributed by atoms with Crippen molar-refractivity contribution in [2.45, 2.75) is 45.8 Å². The lowest BCUT2D eigenvalue weighted by Crippen LogP contribution is -2.36. The fourth-order valence-electron chi connectivity index (χ4n) is 3.29. The van der Waals surface area contributed by atoms with Crippen molar-refractivity contribution in [2.75, 3.05) is 20.3 Å². The molecule has 26 heavy (non-hydrogen) atoms. The zero-order valence-electron chi connectivity index (χ0n) is 15.7. The monoisotopic (exact) mass is 373 g/mol. The van der Waals surface area contributed by atoms with Crippen LogP contribution in [0.1, 0.15) is 45.9 Å². The molecule has 1 aliphatic rings. The normalized spacial score (nSPS) is 15.5. The number of aromatic nitrogens is 1. The molecule has 3 heterocycles. The number of methoxy groups -OCH3 is 1. The first-order valence-corrected chi connectivity index (χ1v) is 10.0. The summed E-state index contributed by atoms with van der Waals surface area (Å²) >= 11 is 1.69. The van der Waals surface area contributed by atoms with Crippen molar-refractivity contribution in [3.63, 3.8) is 0 Å². The van der Waals surface area contributed by atoms with E-state index in [1.54, 1.807) is 18.4 Å². The molecule has 1 N–H and O–H groups in total. The van der Waals surface area contributed by atoms with Crippen LogP contribution in [-0.2, 0) is 30.7 Å². The second-order valence-electron chi connectivity index (χ2n) is 6.85. The Morgan fingerprint density at radius 3 is 3.00 bits per heavy atom. The fourth-order valence-corrected chi connectivity index (χ4v) is 4.41. The van der Waals surface area contributed by atoms with E-state index < -0.39 is 0 Å². The minimum Gasteiger partial charge on any atom is -0.383 e. The van der Waals surface area contributed by atoms with Crippen LogP contribution in [0.4, 0.5) is 0 Å². The second-order valence-corrected chi connectivity index (χ2v) is 7.82. The van der Waals surface area contributed by atoms with Gasteiger partial charge >= 0.3 is 0 Å². The smallest absolute Gasteiger partial charge is 0.252 e. The Morgan fingerprint density at radius 1 is 1.46 bits per heavy atom. The van der Waals surface area contributed by atoms with Crippen LogP contribution < -0.4 is 5.32 Å². The van der Waals surface area contributed by atoms with Crippen LogP contribution in [0, 0.1) is 0 Å². The van der Waals surface area contributed by atoms with Gasteiger partial charge in [-0.05, 0) is 37.0 Å². The number of carbonyl (C=O) groups excluding carboxylic acids is 1. The van der Waals surface area contributed by atoms with Gasteiger partial charge in [0.05, 0.1) is 17.9 Å². The molecule has 0 aliphatic carbocycles. The van der Waals surface area contributed by atoms with Crippen LogP contribution in [0.3, 0.4) is 0 Å². The standard InChI is InChI=1S/C20H27N3O2S/c1-4-15-5-6-16(21-9-15)10-23-8-7-17-18(13-26-19(17)11-23)20(24)22-14(2)12-25-3/h5-6,9,13-14H,4,7-8,10-12H2,1-3H3,(H,22,24). The lowest BCUT2D eigenvalue weighted by atomic mass is 10.0. The van der Waals surface area contributed by atoms with Crippen molar-refractivity contribution in [1.82, 2.24) is 15.2 Å². The van der Waals surface area contributed by atoms with Gasteiger partial charge in [-0.1, -0.05) is 13.0 Å². The van der Waals surface area contributed by atoms with Crippen LogP contribution in [0.5, 0.6) is 0 Å². The average molecular weight is 374 g/mol. The van der Waals surface area contributed by atoms with Crippen molar-refractivity contribution in [3.8, 4) is 0 Å². The molecule has 1 unspecified atom stereocenters. The molecule has 0 bridgehead atoms. The molecular weight excluding hydrogens is 346 g/mol. The van der Waals surface area contributed by atoms with E-state index in [9.17, 15) is 4.79 Å². The van der Waals surface area contributed by atoms with E-state index in [4.69, 9.17) is 4.74 Å². The molecule has 0 aromatic carbocycles. The van der Waals surface area contributed by atoms with E-state index in [-0.39, 0.29) is 11.9 Å². The van der Waals surface area contributed by atoms with Crippen molar-refractivity contribution >= 4 is 17.2 Å². The highest BCUT2D eigenvalue weighted by molar-refractivity contribution is 7.10. The van der Waals surface area contributed by atoms with E-state index in [1.165, 1.54) is 16.0 Å². The lowest BCUT2D eigenvalue weighted by molar-refractivity contribution is 0.0904. The molecule has 2 aromatic heterocycles. The molecule has 0 saturated heterocycles. The summed E-state index contributed by atoms with van der Waals surface area (Å²) in [6.07, 6.45) is 3.90. The third kappa shape index (κ3) is 4.50. The minimum atomic E-state index is 0.0114. The Kier molecular flexibility index (Phi) is 6.40. The van der Waals surface area contributed by atoms with Gasteiger partial charge in [0.1, 0.15) is 0 Å². The van der Waals surface area contributed by atoms with E-state index in [1.807, 2.05) is 18.5 Å². The van der Waals surface area contributed by atoms with Crippen LogP contribution in [0.2, 0.25) is 0 Å². The largest absolute Gasteiger partial charge is 0.383 e. The molecule has 0 fully saturated rings. The molecule has 2 aromatic rings. The average Bonchev–Trinajstić information content (AvgIpc) is 3.06. The first kappa shape index (κ1) is 19.0. The highest BCUT2D eigenvalue weighted by atomic mass is 32.1. The van der Waals surface area contributed by atoms with Crippen LogP contribution in [0.15, 0.2) is 23.7 Å². The van der Waals surface area contributed by atoms with Gasteiger partial charge in [0.25, 0.3) is 5.91 Å². The number of ether oxygens (including phenoxy) is 1. The van der Waals surface area contributed by atoms with Crippen LogP contribution in [0.25, 0.3) is 0 Å². The third-order valence-electron chi connectivity index (χ3n) is 4.74. The van der Waals surface area contributed by atoms with Crippen molar-refractivity contribution in [1.29, 1.82) is 0 Å². The molecular formula is C20H27N3O2S. The minimum absolute atomic E-state index is 0.0114. The van der Waals surface area contributed by atoms with Gasteiger partial charge in [0.15, 0.2) is 0 Å². The number of carbonyl (C=O) groups is 1. The molecule has 140 valence electrons. The summed E-state index contributed by atoms with van der Waals surface area (Å²) in [4.78, 5) is 20.8. The van der Waals surface area contributed by atoms with Gasteiger partial charge in [-0.15, -0.1) is 11.3 Å². The number of rotatable bonds is 7. The molecule has 0 radical (unpaired) electrons. The summed E-state index contributed by atoms with van der Waals surface area (Å²) < 4.78 is 5.09. The van der Waals surface area contributed by atoms with E-state index in [2.05, 4.69) is 34.3 Å². The SMILES string of the molecule is CCc1ccc(CN2CCc3c(C(=O)NC(C)COC)csc3C2)nc1. The molecule has 3 rings (SSSR count). The number of nitrogens with one attached hydrogen (secondary N) is 1. The molecule has 0 spiro atoms. The highest BCUT2D eigenvalue weighted by Crippen LogP contribution is 2.29. The molecule has 6 heteroatoms. The molecule has 1 amide bonds. The number of amides is 1. The first-order chi connectivity index (χ1) is 12.6.